The summed E-state index contributed by atoms with van der Waals surface area (Å²) >= 11 is 3.47. The summed E-state index contributed by atoms with van der Waals surface area (Å²) in [6, 6.07) is 16.3. The van der Waals surface area contributed by atoms with Crippen molar-refractivity contribution in [3.63, 3.8) is 0 Å². The highest BCUT2D eigenvalue weighted by Gasteiger charge is 2.24. The number of hydrogen-bond acceptors (Lipinski definition) is 2. The smallest absolute Gasteiger partial charge is 0.127 e. The van der Waals surface area contributed by atoms with Crippen LogP contribution < -0.4 is 10.6 Å². The zero-order valence-corrected chi connectivity index (χ0v) is 17.8. The molecular weight excluding hydrogens is 438 g/mol. The van der Waals surface area contributed by atoms with Gasteiger partial charge in [-0.1, -0.05) is 59.1 Å². The Balaban J connectivity index is 0.00000169. The fourth-order valence-electron chi connectivity index (χ4n) is 3.35. The van der Waals surface area contributed by atoms with Crippen molar-refractivity contribution in [3.05, 3.63) is 69.9 Å². The van der Waals surface area contributed by atoms with E-state index < -0.39 is 0 Å². The van der Waals surface area contributed by atoms with Crippen LogP contribution in [0.25, 0.3) is 0 Å². The van der Waals surface area contributed by atoms with Crippen LogP contribution in [-0.2, 0) is 13.1 Å². The molecule has 3 rings (SSSR count). The summed E-state index contributed by atoms with van der Waals surface area (Å²) < 4.78 is 14.9. The molecule has 0 amide bonds. The third-order valence-electron chi connectivity index (χ3n) is 4.76. The highest BCUT2D eigenvalue weighted by molar-refractivity contribution is 9.10. The Labute approximate surface area is 176 Å². The molecule has 0 radical (unpaired) electrons. The van der Waals surface area contributed by atoms with E-state index in [1.54, 1.807) is 6.07 Å². The lowest BCUT2D eigenvalue weighted by atomic mass is 9.90. The van der Waals surface area contributed by atoms with Gasteiger partial charge in [0.25, 0.3) is 0 Å². The topological polar surface area (TPSA) is 24.1 Å². The van der Waals surface area contributed by atoms with Crippen LogP contribution in [0.5, 0.6) is 0 Å². The summed E-state index contributed by atoms with van der Waals surface area (Å²) in [7, 11) is 0. The lowest BCUT2D eigenvalue weighted by Crippen LogP contribution is -2.49. The van der Waals surface area contributed by atoms with Crippen molar-refractivity contribution in [3.8, 4) is 0 Å². The lowest BCUT2D eigenvalue weighted by Gasteiger charge is -2.33. The molecule has 0 bridgehead atoms. The fraction of sp³-hybridized carbons (Fsp3) is 0.400. The fourth-order valence-corrected chi connectivity index (χ4v) is 3.62. The van der Waals surface area contributed by atoms with Gasteiger partial charge in [0.15, 0.2) is 0 Å². The maximum Gasteiger partial charge on any atom is 0.127 e. The summed E-state index contributed by atoms with van der Waals surface area (Å²) in [6.45, 7) is 1.46. The van der Waals surface area contributed by atoms with E-state index in [4.69, 9.17) is 0 Å². The second-order valence-electron chi connectivity index (χ2n) is 6.48. The van der Waals surface area contributed by atoms with Gasteiger partial charge in [-0.3, -0.25) is 0 Å². The van der Waals surface area contributed by atoms with E-state index in [0.717, 1.165) is 23.0 Å². The molecule has 2 N–H and O–H groups in total. The van der Waals surface area contributed by atoms with Gasteiger partial charge in [-0.05, 0) is 36.6 Å². The highest BCUT2D eigenvalue weighted by Crippen LogP contribution is 2.20. The Morgan fingerprint density at radius 2 is 1.42 bits per heavy atom. The first-order valence-corrected chi connectivity index (χ1v) is 9.46. The second-order valence-corrected chi connectivity index (χ2v) is 7.39. The third-order valence-corrected chi connectivity index (χ3v) is 5.29. The van der Waals surface area contributed by atoms with Gasteiger partial charge in [-0.15, -0.1) is 24.8 Å². The minimum absolute atomic E-state index is 0. The first-order chi connectivity index (χ1) is 11.7. The average molecular weight is 464 g/mol. The molecule has 6 heteroatoms. The summed E-state index contributed by atoms with van der Waals surface area (Å²) in [5.41, 5.74) is 2.03. The van der Waals surface area contributed by atoms with Crippen LogP contribution in [0.1, 0.15) is 36.8 Å². The molecule has 144 valence electrons. The third kappa shape index (κ3) is 6.82. The zero-order valence-electron chi connectivity index (χ0n) is 14.6. The molecule has 2 aromatic rings. The van der Waals surface area contributed by atoms with Crippen molar-refractivity contribution in [2.24, 2.45) is 0 Å². The Kier molecular flexibility index (Phi) is 10.7. The van der Waals surface area contributed by atoms with E-state index in [0.29, 0.717) is 18.6 Å². The quantitative estimate of drug-likeness (QED) is 0.580. The van der Waals surface area contributed by atoms with Crippen LogP contribution >= 0.6 is 40.7 Å². The van der Waals surface area contributed by atoms with Crippen molar-refractivity contribution < 1.29 is 4.39 Å². The minimum Gasteiger partial charge on any atom is -0.308 e. The second kappa shape index (κ2) is 11.9. The molecule has 0 aliphatic heterocycles. The molecule has 0 saturated heterocycles. The van der Waals surface area contributed by atoms with Crippen LogP contribution in [0.3, 0.4) is 0 Å². The lowest BCUT2D eigenvalue weighted by molar-refractivity contribution is 0.280. The minimum atomic E-state index is -0.125. The number of benzene rings is 2. The van der Waals surface area contributed by atoms with Gasteiger partial charge >= 0.3 is 0 Å². The molecule has 0 aromatic heterocycles. The van der Waals surface area contributed by atoms with Crippen molar-refractivity contribution in [2.45, 2.75) is 50.9 Å². The van der Waals surface area contributed by atoms with E-state index in [1.165, 1.54) is 30.9 Å². The first-order valence-electron chi connectivity index (χ1n) is 8.67. The van der Waals surface area contributed by atoms with Crippen LogP contribution in [-0.4, -0.2) is 12.1 Å². The van der Waals surface area contributed by atoms with Gasteiger partial charge < -0.3 is 10.6 Å². The molecular formula is C20H26BrCl2FN2. The van der Waals surface area contributed by atoms with Crippen molar-refractivity contribution in [2.75, 3.05) is 0 Å². The van der Waals surface area contributed by atoms with Gasteiger partial charge in [0.2, 0.25) is 0 Å². The van der Waals surface area contributed by atoms with Crippen LogP contribution in [0.15, 0.2) is 53.0 Å². The molecule has 1 fully saturated rings. The SMILES string of the molecule is Cl.Cl.Fc1ccccc1CNC1CCCCC1NCc1ccc(Br)cc1. The molecule has 2 atom stereocenters. The molecule has 0 heterocycles. The van der Waals surface area contributed by atoms with E-state index in [2.05, 4.69) is 50.8 Å². The number of halogens is 4. The molecule has 2 unspecified atom stereocenters. The highest BCUT2D eigenvalue weighted by atomic mass is 79.9. The van der Waals surface area contributed by atoms with Crippen LogP contribution in [0.2, 0.25) is 0 Å². The molecule has 1 aliphatic carbocycles. The van der Waals surface area contributed by atoms with E-state index in [1.807, 2.05) is 12.1 Å². The van der Waals surface area contributed by atoms with Gasteiger partial charge in [-0.25, -0.2) is 4.39 Å². The maximum atomic E-state index is 13.8. The standard InChI is InChI=1S/C20H24BrFN2.2ClH/c21-17-11-9-15(10-12-17)13-23-19-7-3-4-8-20(19)24-14-16-5-1-2-6-18(16)22;;/h1-2,5-6,9-12,19-20,23-24H,3-4,7-8,13-14H2;2*1H. The van der Waals surface area contributed by atoms with Gasteiger partial charge in [0.1, 0.15) is 5.82 Å². The van der Waals surface area contributed by atoms with Crippen molar-refractivity contribution in [1.82, 2.24) is 10.6 Å². The van der Waals surface area contributed by atoms with Crippen LogP contribution in [0.4, 0.5) is 4.39 Å². The van der Waals surface area contributed by atoms with Gasteiger partial charge in [0, 0.05) is 35.2 Å². The Morgan fingerprint density at radius 3 is 2.04 bits per heavy atom. The van der Waals surface area contributed by atoms with Crippen molar-refractivity contribution in [1.29, 1.82) is 0 Å². The average Bonchev–Trinajstić information content (AvgIpc) is 2.61. The number of nitrogens with one attached hydrogen (secondary N) is 2. The maximum absolute atomic E-state index is 13.8. The van der Waals surface area contributed by atoms with E-state index in [-0.39, 0.29) is 30.6 Å². The first kappa shape index (κ1) is 23.4. The predicted molar refractivity (Wildman–Crippen MR) is 115 cm³/mol. The molecule has 0 spiro atoms. The summed E-state index contributed by atoms with van der Waals surface area (Å²) in [5, 5.41) is 7.25. The largest absolute Gasteiger partial charge is 0.308 e. The number of rotatable bonds is 6. The monoisotopic (exact) mass is 462 g/mol. The summed E-state index contributed by atoms with van der Waals surface area (Å²) in [5.74, 6) is -0.125. The van der Waals surface area contributed by atoms with Gasteiger partial charge in [-0.2, -0.15) is 0 Å². The van der Waals surface area contributed by atoms with Gasteiger partial charge in [0.05, 0.1) is 0 Å². The van der Waals surface area contributed by atoms with E-state index >= 15 is 0 Å². The summed E-state index contributed by atoms with van der Waals surface area (Å²) in [4.78, 5) is 0. The zero-order chi connectivity index (χ0) is 16.8. The Bertz CT molecular complexity index is 655. The summed E-state index contributed by atoms with van der Waals surface area (Å²) in [6.07, 6.45) is 4.82. The van der Waals surface area contributed by atoms with Crippen LogP contribution in [0, 0.1) is 5.82 Å². The van der Waals surface area contributed by atoms with E-state index in [9.17, 15) is 4.39 Å². The Hall–Kier alpha value is -0.650. The molecule has 1 aliphatic rings. The molecule has 2 aromatic carbocycles. The predicted octanol–water partition coefficient (Wildman–Crippen LogP) is 5.62. The van der Waals surface area contributed by atoms with Crippen molar-refractivity contribution >= 4 is 40.7 Å². The molecule has 2 nitrogen and oxygen atoms in total. The molecule has 26 heavy (non-hydrogen) atoms. The molecule has 1 saturated carbocycles. The number of hydrogen-bond donors (Lipinski definition) is 2. The normalized spacial score (nSPS) is 19.3. The Morgan fingerprint density at radius 1 is 0.846 bits per heavy atom.